The molecular formula is C20H22Cl2N2O3. The average molecular weight is 409 g/mol. The number of amides is 1. The standard InChI is InChI=1S/C20H22Cl2N2O3/c1-3-4-8-20(25)24-23-12-14-9-10-18(19(11-14)26-2)27-13-15-16(21)6-5-7-17(15)22/h5-7,9-12H,3-4,8,13H2,1-2H3,(H,24,25)/b23-12+. The maximum atomic E-state index is 11.6. The van der Waals surface area contributed by atoms with E-state index in [9.17, 15) is 4.79 Å². The van der Waals surface area contributed by atoms with Crippen molar-refractivity contribution in [2.75, 3.05) is 7.11 Å². The lowest BCUT2D eigenvalue weighted by atomic mass is 10.2. The summed E-state index contributed by atoms with van der Waals surface area (Å²) in [6.07, 6.45) is 3.83. The molecule has 0 saturated carbocycles. The summed E-state index contributed by atoms with van der Waals surface area (Å²) in [5.74, 6) is 0.994. The topological polar surface area (TPSA) is 59.9 Å². The zero-order valence-corrected chi connectivity index (χ0v) is 16.8. The van der Waals surface area contributed by atoms with Gasteiger partial charge in [-0.25, -0.2) is 5.43 Å². The van der Waals surface area contributed by atoms with Gasteiger partial charge < -0.3 is 9.47 Å². The molecule has 0 unspecified atom stereocenters. The van der Waals surface area contributed by atoms with Gasteiger partial charge in [-0.1, -0.05) is 42.6 Å². The fourth-order valence-corrected chi connectivity index (χ4v) is 2.78. The number of methoxy groups -OCH3 is 1. The minimum Gasteiger partial charge on any atom is -0.493 e. The molecular weight excluding hydrogens is 387 g/mol. The Kier molecular flexibility index (Phi) is 8.43. The molecule has 1 amide bonds. The third-order valence-corrected chi connectivity index (χ3v) is 4.49. The number of rotatable bonds is 9. The Hall–Kier alpha value is -2.24. The SMILES string of the molecule is CCCCC(=O)N/N=C/c1ccc(OCc2c(Cl)cccc2Cl)c(OC)c1. The summed E-state index contributed by atoms with van der Waals surface area (Å²) >= 11 is 12.3. The van der Waals surface area contributed by atoms with E-state index in [2.05, 4.69) is 10.5 Å². The van der Waals surface area contributed by atoms with Crippen LogP contribution in [0.2, 0.25) is 10.0 Å². The highest BCUT2D eigenvalue weighted by Gasteiger charge is 2.10. The van der Waals surface area contributed by atoms with Crippen LogP contribution in [-0.2, 0) is 11.4 Å². The molecule has 2 rings (SSSR count). The van der Waals surface area contributed by atoms with E-state index in [1.54, 1.807) is 43.7 Å². The lowest BCUT2D eigenvalue weighted by molar-refractivity contribution is -0.121. The minimum atomic E-state index is -0.100. The molecule has 0 saturated heterocycles. The smallest absolute Gasteiger partial charge is 0.240 e. The summed E-state index contributed by atoms with van der Waals surface area (Å²) < 4.78 is 11.2. The van der Waals surface area contributed by atoms with Crippen molar-refractivity contribution in [2.24, 2.45) is 5.10 Å². The highest BCUT2D eigenvalue weighted by molar-refractivity contribution is 6.35. The molecule has 2 aromatic carbocycles. The first-order chi connectivity index (χ1) is 13.0. The van der Waals surface area contributed by atoms with Gasteiger partial charge in [0.2, 0.25) is 5.91 Å². The molecule has 0 aromatic heterocycles. The van der Waals surface area contributed by atoms with Crippen molar-refractivity contribution in [1.82, 2.24) is 5.43 Å². The number of hydrogen-bond acceptors (Lipinski definition) is 4. The van der Waals surface area contributed by atoms with Gasteiger partial charge in [-0.3, -0.25) is 4.79 Å². The van der Waals surface area contributed by atoms with Crippen molar-refractivity contribution in [3.05, 3.63) is 57.6 Å². The molecule has 0 atom stereocenters. The molecule has 2 aromatic rings. The van der Waals surface area contributed by atoms with Crippen LogP contribution < -0.4 is 14.9 Å². The van der Waals surface area contributed by atoms with Crippen LogP contribution in [0.3, 0.4) is 0 Å². The molecule has 0 radical (unpaired) electrons. The third kappa shape index (κ3) is 6.45. The Bertz CT molecular complexity index is 790. The van der Waals surface area contributed by atoms with E-state index in [1.807, 2.05) is 13.0 Å². The number of hydrogen-bond donors (Lipinski definition) is 1. The predicted molar refractivity (Wildman–Crippen MR) is 109 cm³/mol. The maximum absolute atomic E-state index is 11.6. The van der Waals surface area contributed by atoms with Crippen molar-refractivity contribution >= 4 is 35.3 Å². The Morgan fingerprint density at radius 3 is 2.59 bits per heavy atom. The van der Waals surface area contributed by atoms with Crippen LogP contribution >= 0.6 is 23.2 Å². The lowest BCUT2D eigenvalue weighted by Gasteiger charge is -2.13. The Labute approximate surface area is 169 Å². The summed E-state index contributed by atoms with van der Waals surface area (Å²) in [6, 6.07) is 10.7. The molecule has 0 heterocycles. The van der Waals surface area contributed by atoms with E-state index in [1.165, 1.54) is 0 Å². The summed E-state index contributed by atoms with van der Waals surface area (Å²) in [5, 5.41) is 5.05. The van der Waals surface area contributed by atoms with Gasteiger partial charge in [0.25, 0.3) is 0 Å². The lowest BCUT2D eigenvalue weighted by Crippen LogP contribution is -2.16. The predicted octanol–water partition coefficient (Wildman–Crippen LogP) is 5.22. The van der Waals surface area contributed by atoms with E-state index >= 15 is 0 Å². The zero-order valence-electron chi connectivity index (χ0n) is 15.3. The normalized spacial score (nSPS) is 10.8. The number of ether oxygens (including phenoxy) is 2. The van der Waals surface area contributed by atoms with E-state index < -0.39 is 0 Å². The van der Waals surface area contributed by atoms with Gasteiger partial charge in [0.15, 0.2) is 11.5 Å². The highest BCUT2D eigenvalue weighted by Crippen LogP contribution is 2.31. The van der Waals surface area contributed by atoms with Crippen LogP contribution in [0.1, 0.15) is 37.3 Å². The summed E-state index contributed by atoms with van der Waals surface area (Å²) in [4.78, 5) is 11.6. The van der Waals surface area contributed by atoms with Crippen molar-refractivity contribution in [1.29, 1.82) is 0 Å². The van der Waals surface area contributed by atoms with Gasteiger partial charge in [-0.15, -0.1) is 0 Å². The van der Waals surface area contributed by atoms with Crippen LogP contribution in [0.4, 0.5) is 0 Å². The van der Waals surface area contributed by atoms with Crippen LogP contribution in [0.15, 0.2) is 41.5 Å². The average Bonchev–Trinajstić information content (AvgIpc) is 2.66. The third-order valence-electron chi connectivity index (χ3n) is 3.78. The first-order valence-electron chi connectivity index (χ1n) is 8.60. The molecule has 0 aliphatic carbocycles. The Morgan fingerprint density at radius 1 is 1.19 bits per heavy atom. The molecule has 0 fully saturated rings. The van der Waals surface area contributed by atoms with Crippen LogP contribution in [0.25, 0.3) is 0 Å². The molecule has 0 aliphatic heterocycles. The molecule has 1 N–H and O–H groups in total. The monoisotopic (exact) mass is 408 g/mol. The summed E-state index contributed by atoms with van der Waals surface area (Å²) in [6.45, 7) is 2.25. The van der Waals surface area contributed by atoms with Gasteiger partial charge in [0, 0.05) is 22.0 Å². The molecule has 0 bridgehead atoms. The highest BCUT2D eigenvalue weighted by atomic mass is 35.5. The van der Waals surface area contributed by atoms with E-state index in [4.69, 9.17) is 32.7 Å². The quantitative estimate of drug-likeness (QED) is 0.456. The first kappa shape index (κ1) is 21.1. The molecule has 0 spiro atoms. The van der Waals surface area contributed by atoms with Gasteiger partial charge >= 0.3 is 0 Å². The Balaban J connectivity index is 2.02. The van der Waals surface area contributed by atoms with E-state index in [-0.39, 0.29) is 12.5 Å². The van der Waals surface area contributed by atoms with Crippen LogP contribution in [-0.4, -0.2) is 19.2 Å². The second-order valence-electron chi connectivity index (χ2n) is 5.80. The molecule has 7 heteroatoms. The van der Waals surface area contributed by atoms with Crippen molar-refractivity contribution in [3.63, 3.8) is 0 Å². The molecule has 5 nitrogen and oxygen atoms in total. The summed E-state index contributed by atoms with van der Waals surface area (Å²) in [5.41, 5.74) is 3.99. The number of benzene rings is 2. The number of hydrazone groups is 1. The number of halogens is 2. The molecule has 144 valence electrons. The van der Waals surface area contributed by atoms with E-state index in [0.717, 1.165) is 18.4 Å². The van der Waals surface area contributed by atoms with Crippen LogP contribution in [0.5, 0.6) is 11.5 Å². The summed E-state index contributed by atoms with van der Waals surface area (Å²) in [7, 11) is 1.55. The first-order valence-corrected chi connectivity index (χ1v) is 9.36. The van der Waals surface area contributed by atoms with Crippen molar-refractivity contribution in [3.8, 4) is 11.5 Å². The van der Waals surface area contributed by atoms with Crippen molar-refractivity contribution in [2.45, 2.75) is 32.8 Å². The molecule has 27 heavy (non-hydrogen) atoms. The Morgan fingerprint density at radius 2 is 1.93 bits per heavy atom. The number of carbonyl (C=O) groups excluding carboxylic acids is 1. The molecule has 0 aliphatic rings. The van der Waals surface area contributed by atoms with Gasteiger partial charge in [-0.05, 0) is 42.3 Å². The number of nitrogens with zero attached hydrogens (tertiary/aromatic N) is 1. The number of nitrogens with one attached hydrogen (secondary N) is 1. The van der Waals surface area contributed by atoms with Crippen molar-refractivity contribution < 1.29 is 14.3 Å². The fourth-order valence-electron chi connectivity index (χ4n) is 2.28. The minimum absolute atomic E-state index is 0.100. The largest absolute Gasteiger partial charge is 0.493 e. The number of unbranched alkanes of at least 4 members (excludes halogenated alkanes) is 1. The van der Waals surface area contributed by atoms with Gasteiger partial charge in [0.1, 0.15) is 6.61 Å². The van der Waals surface area contributed by atoms with E-state index in [0.29, 0.717) is 33.5 Å². The number of carbonyl (C=O) groups is 1. The second kappa shape index (κ2) is 10.8. The zero-order chi connectivity index (χ0) is 19.6. The van der Waals surface area contributed by atoms with Gasteiger partial charge in [-0.2, -0.15) is 5.10 Å². The fraction of sp³-hybridized carbons (Fsp3) is 0.300. The van der Waals surface area contributed by atoms with Crippen LogP contribution in [0, 0.1) is 0 Å². The second-order valence-corrected chi connectivity index (χ2v) is 6.61. The van der Waals surface area contributed by atoms with Gasteiger partial charge in [0.05, 0.1) is 13.3 Å². The maximum Gasteiger partial charge on any atom is 0.240 e.